The summed E-state index contributed by atoms with van der Waals surface area (Å²) in [6.07, 6.45) is 1.26. The number of halogens is 1. The minimum absolute atomic E-state index is 0. The fourth-order valence-corrected chi connectivity index (χ4v) is 3.20. The number of anilines is 1. The van der Waals surface area contributed by atoms with E-state index in [1.165, 1.54) is 5.56 Å². The number of carbonyl (C=O) groups excluding carboxylic acids is 1. The van der Waals surface area contributed by atoms with Crippen molar-refractivity contribution in [2.24, 2.45) is 4.99 Å². The Morgan fingerprint density at radius 1 is 1.10 bits per heavy atom. The number of guanidine groups is 1. The highest BCUT2D eigenvalue weighted by molar-refractivity contribution is 14.0. The summed E-state index contributed by atoms with van der Waals surface area (Å²) in [5, 5.41) is 6.71. The molecule has 30 heavy (non-hydrogen) atoms. The van der Waals surface area contributed by atoms with Gasteiger partial charge in [0.15, 0.2) is 5.96 Å². The summed E-state index contributed by atoms with van der Waals surface area (Å²) in [5.41, 5.74) is 3.35. The van der Waals surface area contributed by atoms with E-state index in [1.54, 1.807) is 19.0 Å². The molecule has 162 valence electrons. The smallest absolute Gasteiger partial charge is 0.251 e. The van der Waals surface area contributed by atoms with E-state index in [0.717, 1.165) is 24.1 Å². The van der Waals surface area contributed by atoms with Crippen LogP contribution in [0.4, 0.5) is 5.69 Å². The fourth-order valence-electron chi connectivity index (χ4n) is 3.20. The Morgan fingerprint density at radius 3 is 2.47 bits per heavy atom. The van der Waals surface area contributed by atoms with Gasteiger partial charge in [0.25, 0.3) is 5.91 Å². The van der Waals surface area contributed by atoms with Crippen molar-refractivity contribution in [3.63, 3.8) is 0 Å². The van der Waals surface area contributed by atoms with Crippen molar-refractivity contribution < 1.29 is 9.53 Å². The number of amides is 1. The summed E-state index contributed by atoms with van der Waals surface area (Å²) < 4.78 is 5.92. The van der Waals surface area contributed by atoms with Gasteiger partial charge < -0.3 is 20.3 Å². The van der Waals surface area contributed by atoms with Crippen LogP contribution in [-0.2, 0) is 16.1 Å². The van der Waals surface area contributed by atoms with E-state index < -0.39 is 0 Å². The molecule has 2 aromatic rings. The summed E-state index contributed by atoms with van der Waals surface area (Å²) in [7, 11) is 3.52. The molecule has 0 radical (unpaired) electrons. The largest absolute Gasteiger partial charge is 0.363 e. The molecule has 2 N–H and O–H groups in total. The SMILES string of the molecule is Cc1ccc(CN=C(NCC2CCC(C(=O)N(C)C)O2)Nc2ccccc2)cc1.I. The Morgan fingerprint density at radius 2 is 1.80 bits per heavy atom. The second-order valence-electron chi connectivity index (χ2n) is 7.58. The topological polar surface area (TPSA) is 66.0 Å². The average molecular weight is 522 g/mol. The number of hydrogen-bond donors (Lipinski definition) is 2. The normalized spacial score (nSPS) is 18.4. The number of para-hydroxylation sites is 1. The van der Waals surface area contributed by atoms with E-state index >= 15 is 0 Å². The molecule has 0 aliphatic carbocycles. The Kier molecular flexibility index (Phi) is 9.58. The molecule has 7 heteroatoms. The van der Waals surface area contributed by atoms with Gasteiger partial charge in [0.1, 0.15) is 6.10 Å². The van der Waals surface area contributed by atoms with E-state index in [0.29, 0.717) is 19.0 Å². The molecule has 0 saturated carbocycles. The van der Waals surface area contributed by atoms with Gasteiger partial charge in [0, 0.05) is 26.3 Å². The van der Waals surface area contributed by atoms with Crippen LogP contribution in [0.3, 0.4) is 0 Å². The van der Waals surface area contributed by atoms with Crippen molar-refractivity contribution in [3.8, 4) is 0 Å². The molecule has 1 amide bonds. The zero-order valence-electron chi connectivity index (χ0n) is 17.8. The number of aliphatic imine (C=N–C) groups is 1. The highest BCUT2D eigenvalue weighted by atomic mass is 127. The van der Waals surface area contributed by atoms with Crippen LogP contribution in [0, 0.1) is 6.92 Å². The van der Waals surface area contributed by atoms with Gasteiger partial charge in [-0.25, -0.2) is 4.99 Å². The number of hydrogen-bond acceptors (Lipinski definition) is 3. The number of nitrogens with one attached hydrogen (secondary N) is 2. The summed E-state index contributed by atoms with van der Waals surface area (Å²) in [5.74, 6) is 0.728. The molecule has 1 aliphatic heterocycles. The van der Waals surface area contributed by atoms with Gasteiger partial charge in [0.05, 0.1) is 12.6 Å². The molecule has 2 atom stereocenters. The molecular formula is C23H31IN4O2. The maximum atomic E-state index is 12.1. The maximum absolute atomic E-state index is 12.1. The lowest BCUT2D eigenvalue weighted by Gasteiger charge is -2.19. The first-order valence-corrected chi connectivity index (χ1v) is 10.0. The number of benzene rings is 2. The average Bonchev–Trinajstić information content (AvgIpc) is 3.20. The van der Waals surface area contributed by atoms with Gasteiger partial charge in [-0.2, -0.15) is 0 Å². The molecule has 2 aromatic carbocycles. The lowest BCUT2D eigenvalue weighted by Crippen LogP contribution is -2.38. The van der Waals surface area contributed by atoms with E-state index in [-0.39, 0.29) is 42.1 Å². The monoisotopic (exact) mass is 522 g/mol. The summed E-state index contributed by atoms with van der Waals surface area (Å²) in [6.45, 7) is 3.26. The molecule has 0 bridgehead atoms. The molecule has 2 unspecified atom stereocenters. The van der Waals surface area contributed by atoms with E-state index in [2.05, 4.69) is 41.8 Å². The molecule has 0 aromatic heterocycles. The van der Waals surface area contributed by atoms with Gasteiger partial charge >= 0.3 is 0 Å². The Hall–Kier alpha value is -2.13. The van der Waals surface area contributed by atoms with Crippen molar-refractivity contribution in [1.82, 2.24) is 10.2 Å². The van der Waals surface area contributed by atoms with Gasteiger partial charge in [-0.05, 0) is 37.5 Å². The van der Waals surface area contributed by atoms with Crippen molar-refractivity contribution in [2.45, 2.75) is 38.5 Å². The predicted molar refractivity (Wildman–Crippen MR) is 132 cm³/mol. The molecular weight excluding hydrogens is 491 g/mol. The molecule has 1 saturated heterocycles. The number of likely N-dealkylation sites (N-methyl/N-ethyl adjacent to an activating group) is 1. The quantitative estimate of drug-likeness (QED) is 0.344. The highest BCUT2D eigenvalue weighted by Crippen LogP contribution is 2.20. The van der Waals surface area contributed by atoms with Crippen molar-refractivity contribution in [1.29, 1.82) is 0 Å². The van der Waals surface area contributed by atoms with E-state index in [9.17, 15) is 4.79 Å². The van der Waals surface area contributed by atoms with Crippen molar-refractivity contribution in [3.05, 3.63) is 65.7 Å². The Labute approximate surface area is 196 Å². The number of ether oxygens (including phenoxy) is 1. The molecule has 1 aliphatic rings. The third-order valence-electron chi connectivity index (χ3n) is 4.90. The first-order valence-electron chi connectivity index (χ1n) is 10.0. The van der Waals surface area contributed by atoms with Crippen LogP contribution in [0.25, 0.3) is 0 Å². The zero-order valence-corrected chi connectivity index (χ0v) is 20.1. The third kappa shape index (κ3) is 7.28. The standard InChI is InChI=1S/C23H30N4O2.HI/c1-17-9-11-18(12-10-17)15-24-23(26-19-7-5-4-6-8-19)25-16-20-13-14-21(29-20)22(28)27(2)3;/h4-12,20-21H,13-16H2,1-3H3,(H2,24,25,26);1H. The van der Waals surface area contributed by atoms with Gasteiger partial charge in [-0.15, -0.1) is 24.0 Å². The lowest BCUT2D eigenvalue weighted by atomic mass is 10.1. The van der Waals surface area contributed by atoms with E-state index in [1.807, 2.05) is 30.3 Å². The number of aryl methyl sites for hydroxylation is 1. The highest BCUT2D eigenvalue weighted by Gasteiger charge is 2.31. The predicted octanol–water partition coefficient (Wildman–Crippen LogP) is 3.81. The van der Waals surface area contributed by atoms with Crippen LogP contribution < -0.4 is 10.6 Å². The maximum Gasteiger partial charge on any atom is 0.251 e. The second-order valence-corrected chi connectivity index (χ2v) is 7.58. The molecule has 3 rings (SSSR count). The van der Waals surface area contributed by atoms with Crippen molar-refractivity contribution >= 4 is 41.5 Å². The van der Waals surface area contributed by atoms with Crippen LogP contribution in [0.15, 0.2) is 59.6 Å². The van der Waals surface area contributed by atoms with Gasteiger partial charge in [-0.3, -0.25) is 4.79 Å². The fraction of sp³-hybridized carbons (Fsp3) is 0.391. The Bertz CT molecular complexity index is 825. The second kappa shape index (κ2) is 11.9. The van der Waals surface area contributed by atoms with Crippen LogP contribution in [0.1, 0.15) is 24.0 Å². The lowest BCUT2D eigenvalue weighted by molar-refractivity contribution is -0.140. The molecule has 6 nitrogen and oxygen atoms in total. The third-order valence-corrected chi connectivity index (χ3v) is 4.90. The van der Waals surface area contributed by atoms with Crippen LogP contribution in [0.5, 0.6) is 0 Å². The van der Waals surface area contributed by atoms with Gasteiger partial charge in [0.2, 0.25) is 0 Å². The van der Waals surface area contributed by atoms with Crippen LogP contribution >= 0.6 is 24.0 Å². The molecule has 0 spiro atoms. The first-order chi connectivity index (χ1) is 14.0. The Balaban J connectivity index is 0.00000320. The summed E-state index contributed by atoms with van der Waals surface area (Å²) in [4.78, 5) is 18.4. The molecule has 1 heterocycles. The van der Waals surface area contributed by atoms with Crippen LogP contribution in [-0.4, -0.2) is 49.6 Å². The number of rotatable bonds is 6. The summed E-state index contributed by atoms with van der Waals surface area (Å²) in [6, 6.07) is 18.3. The minimum atomic E-state index is -0.341. The number of carbonyl (C=O) groups is 1. The summed E-state index contributed by atoms with van der Waals surface area (Å²) >= 11 is 0. The van der Waals surface area contributed by atoms with E-state index in [4.69, 9.17) is 9.73 Å². The zero-order chi connectivity index (χ0) is 20.6. The minimum Gasteiger partial charge on any atom is -0.363 e. The van der Waals surface area contributed by atoms with Gasteiger partial charge in [-0.1, -0.05) is 48.0 Å². The van der Waals surface area contributed by atoms with Crippen LogP contribution in [0.2, 0.25) is 0 Å². The first kappa shape index (κ1) is 24.1. The molecule has 1 fully saturated rings. The number of nitrogens with zero attached hydrogens (tertiary/aromatic N) is 2. The van der Waals surface area contributed by atoms with Crippen molar-refractivity contribution in [2.75, 3.05) is 26.0 Å².